The maximum atomic E-state index is 11.6. The summed E-state index contributed by atoms with van der Waals surface area (Å²) in [6, 6.07) is 8.26. The topological polar surface area (TPSA) is 83.0 Å². The standard InChI is InChI=1S/C18H28N4O3S.HI/c1-19-18(20-13-14-7-10-22(11-8-14)26(2,23)24)21-16-9-12-25-17-6-4-3-5-15(16)17;/h3-6,14,16H,7-13H2,1-2H3,(H2,19,20,21);1H. The lowest BCUT2D eigenvalue weighted by atomic mass is 9.98. The molecule has 152 valence electrons. The summed E-state index contributed by atoms with van der Waals surface area (Å²) in [6.45, 7) is 2.69. The van der Waals surface area contributed by atoms with Gasteiger partial charge in [-0.05, 0) is 24.8 Å². The molecular formula is C18H29IN4O3S. The lowest BCUT2D eigenvalue weighted by Crippen LogP contribution is -2.45. The van der Waals surface area contributed by atoms with Gasteiger partial charge in [0.2, 0.25) is 10.0 Å². The molecule has 0 bridgehead atoms. The van der Waals surface area contributed by atoms with Gasteiger partial charge in [0.25, 0.3) is 0 Å². The predicted molar refractivity (Wildman–Crippen MR) is 118 cm³/mol. The van der Waals surface area contributed by atoms with Crippen LogP contribution in [0.25, 0.3) is 0 Å². The van der Waals surface area contributed by atoms with Crippen molar-refractivity contribution in [1.29, 1.82) is 0 Å². The molecule has 2 aliphatic rings. The Kier molecular flexibility index (Phi) is 8.17. The van der Waals surface area contributed by atoms with Crippen LogP contribution in [0.3, 0.4) is 0 Å². The Morgan fingerprint density at radius 3 is 2.63 bits per heavy atom. The number of rotatable bonds is 4. The van der Waals surface area contributed by atoms with Gasteiger partial charge in [0, 0.05) is 38.7 Å². The van der Waals surface area contributed by atoms with Crippen LogP contribution in [0.2, 0.25) is 0 Å². The SMILES string of the molecule is CN=C(NCC1CCN(S(C)(=O)=O)CC1)NC1CCOc2ccccc21.I. The fourth-order valence-electron chi connectivity index (χ4n) is 3.54. The van der Waals surface area contributed by atoms with Crippen molar-refractivity contribution in [1.82, 2.24) is 14.9 Å². The number of fused-ring (bicyclic) bond motifs is 1. The van der Waals surface area contributed by atoms with E-state index in [1.54, 1.807) is 11.4 Å². The number of piperidine rings is 1. The Morgan fingerprint density at radius 1 is 1.26 bits per heavy atom. The maximum Gasteiger partial charge on any atom is 0.211 e. The van der Waals surface area contributed by atoms with Crippen molar-refractivity contribution >= 4 is 40.0 Å². The van der Waals surface area contributed by atoms with Gasteiger partial charge in [-0.3, -0.25) is 4.99 Å². The van der Waals surface area contributed by atoms with Crippen molar-refractivity contribution in [3.8, 4) is 5.75 Å². The van der Waals surface area contributed by atoms with Crippen LogP contribution >= 0.6 is 24.0 Å². The minimum atomic E-state index is -3.07. The molecule has 0 radical (unpaired) electrons. The van der Waals surface area contributed by atoms with Crippen molar-refractivity contribution in [2.75, 3.05) is 39.5 Å². The van der Waals surface area contributed by atoms with Crippen LogP contribution in [0.4, 0.5) is 0 Å². The van der Waals surface area contributed by atoms with Crippen LogP contribution in [0.5, 0.6) is 5.75 Å². The van der Waals surface area contributed by atoms with Gasteiger partial charge in [0.1, 0.15) is 5.75 Å². The largest absolute Gasteiger partial charge is 0.493 e. The molecule has 0 aromatic heterocycles. The number of para-hydroxylation sites is 1. The van der Waals surface area contributed by atoms with E-state index >= 15 is 0 Å². The Bertz CT molecular complexity index is 749. The first-order chi connectivity index (χ1) is 12.5. The summed E-state index contributed by atoms with van der Waals surface area (Å²) in [6.07, 6.45) is 3.92. The number of ether oxygens (including phenoxy) is 1. The van der Waals surface area contributed by atoms with Gasteiger partial charge in [0.05, 0.1) is 18.9 Å². The summed E-state index contributed by atoms with van der Waals surface area (Å²) in [4.78, 5) is 4.34. The highest BCUT2D eigenvalue weighted by atomic mass is 127. The van der Waals surface area contributed by atoms with Gasteiger partial charge < -0.3 is 15.4 Å². The van der Waals surface area contributed by atoms with Gasteiger partial charge in [-0.2, -0.15) is 0 Å². The van der Waals surface area contributed by atoms with E-state index in [1.165, 1.54) is 6.26 Å². The second-order valence-corrected chi connectivity index (χ2v) is 8.91. The fourth-order valence-corrected chi connectivity index (χ4v) is 4.41. The van der Waals surface area contributed by atoms with Gasteiger partial charge in [-0.25, -0.2) is 12.7 Å². The van der Waals surface area contributed by atoms with Crippen molar-refractivity contribution in [3.63, 3.8) is 0 Å². The highest BCUT2D eigenvalue weighted by Crippen LogP contribution is 2.31. The fraction of sp³-hybridized carbons (Fsp3) is 0.611. The van der Waals surface area contributed by atoms with Gasteiger partial charge in [-0.1, -0.05) is 18.2 Å². The molecule has 1 saturated heterocycles. The van der Waals surface area contributed by atoms with Crippen LogP contribution in [-0.2, 0) is 10.0 Å². The molecule has 1 atom stereocenters. The third-order valence-corrected chi connectivity index (χ3v) is 6.40. The molecule has 2 heterocycles. The van der Waals surface area contributed by atoms with Crippen molar-refractivity contribution in [2.24, 2.45) is 10.9 Å². The normalized spacial score (nSPS) is 21.6. The molecule has 0 saturated carbocycles. The zero-order chi connectivity index (χ0) is 18.6. The number of nitrogens with one attached hydrogen (secondary N) is 2. The highest BCUT2D eigenvalue weighted by Gasteiger charge is 2.26. The first kappa shape index (κ1) is 22.2. The van der Waals surface area contributed by atoms with Gasteiger partial charge >= 0.3 is 0 Å². The number of hydrogen-bond donors (Lipinski definition) is 2. The molecule has 0 aliphatic carbocycles. The minimum absolute atomic E-state index is 0. The van der Waals surface area contributed by atoms with Crippen LogP contribution in [0, 0.1) is 5.92 Å². The van der Waals surface area contributed by atoms with E-state index in [2.05, 4.69) is 21.7 Å². The summed E-state index contributed by atoms with van der Waals surface area (Å²) >= 11 is 0. The molecule has 2 N–H and O–H groups in total. The molecule has 1 aromatic carbocycles. The monoisotopic (exact) mass is 508 g/mol. The minimum Gasteiger partial charge on any atom is -0.493 e. The first-order valence-corrected chi connectivity index (χ1v) is 11.0. The van der Waals surface area contributed by atoms with E-state index in [0.29, 0.717) is 25.6 Å². The number of sulfonamides is 1. The summed E-state index contributed by atoms with van der Waals surface area (Å²) in [7, 11) is -1.30. The molecule has 2 aliphatic heterocycles. The quantitative estimate of drug-likeness (QED) is 0.369. The van der Waals surface area contributed by atoms with E-state index in [4.69, 9.17) is 4.74 Å². The van der Waals surface area contributed by atoms with Crippen molar-refractivity contribution < 1.29 is 13.2 Å². The maximum absolute atomic E-state index is 11.6. The van der Waals surface area contributed by atoms with Crippen LogP contribution < -0.4 is 15.4 Å². The zero-order valence-corrected chi connectivity index (χ0v) is 19.0. The second-order valence-electron chi connectivity index (χ2n) is 6.93. The molecule has 1 unspecified atom stereocenters. The van der Waals surface area contributed by atoms with Crippen molar-refractivity contribution in [3.05, 3.63) is 29.8 Å². The molecular weight excluding hydrogens is 479 g/mol. The molecule has 9 heteroatoms. The summed E-state index contributed by atoms with van der Waals surface area (Å²) < 4.78 is 30.5. The van der Waals surface area contributed by atoms with E-state index in [-0.39, 0.29) is 30.0 Å². The Morgan fingerprint density at radius 2 is 1.96 bits per heavy atom. The third kappa shape index (κ3) is 5.95. The summed E-state index contributed by atoms with van der Waals surface area (Å²) in [5, 5.41) is 6.89. The first-order valence-electron chi connectivity index (χ1n) is 9.11. The number of nitrogens with zero attached hydrogens (tertiary/aromatic N) is 2. The van der Waals surface area contributed by atoms with E-state index in [0.717, 1.165) is 43.1 Å². The predicted octanol–water partition coefficient (Wildman–Crippen LogP) is 1.96. The lowest BCUT2D eigenvalue weighted by molar-refractivity contribution is 0.260. The molecule has 0 spiro atoms. The summed E-state index contributed by atoms with van der Waals surface area (Å²) in [5.74, 6) is 2.16. The average Bonchev–Trinajstić information content (AvgIpc) is 2.65. The zero-order valence-electron chi connectivity index (χ0n) is 15.8. The van der Waals surface area contributed by atoms with E-state index in [1.807, 2.05) is 18.2 Å². The Hall–Kier alpha value is -1.07. The molecule has 1 fully saturated rings. The van der Waals surface area contributed by atoms with E-state index in [9.17, 15) is 8.42 Å². The number of halogens is 1. The molecule has 7 nitrogen and oxygen atoms in total. The van der Waals surface area contributed by atoms with Gasteiger partial charge in [-0.15, -0.1) is 24.0 Å². The average molecular weight is 508 g/mol. The number of aliphatic imine (C=N–C) groups is 1. The smallest absolute Gasteiger partial charge is 0.211 e. The molecule has 27 heavy (non-hydrogen) atoms. The molecule has 1 aromatic rings. The molecule has 3 rings (SSSR count). The highest BCUT2D eigenvalue weighted by molar-refractivity contribution is 14.0. The molecule has 0 amide bonds. The van der Waals surface area contributed by atoms with Crippen LogP contribution in [0.1, 0.15) is 30.9 Å². The number of guanidine groups is 1. The van der Waals surface area contributed by atoms with Crippen LogP contribution in [0.15, 0.2) is 29.3 Å². The number of benzene rings is 1. The van der Waals surface area contributed by atoms with Gasteiger partial charge in [0.15, 0.2) is 5.96 Å². The second kappa shape index (κ2) is 9.92. The van der Waals surface area contributed by atoms with Crippen LogP contribution in [-0.4, -0.2) is 58.2 Å². The summed E-state index contributed by atoms with van der Waals surface area (Å²) in [5.41, 5.74) is 1.16. The van der Waals surface area contributed by atoms with Crippen molar-refractivity contribution in [2.45, 2.75) is 25.3 Å². The Balaban J connectivity index is 0.00000261. The Labute approximate surface area is 179 Å². The third-order valence-electron chi connectivity index (χ3n) is 5.09. The van der Waals surface area contributed by atoms with E-state index < -0.39 is 10.0 Å². The lowest BCUT2D eigenvalue weighted by Gasteiger charge is -2.31. The number of hydrogen-bond acceptors (Lipinski definition) is 4.